The second-order valence-corrected chi connectivity index (χ2v) is 8.74. The average molecular weight is 433 g/mol. The Balaban J connectivity index is 1.67. The maximum absolute atomic E-state index is 10.1. The highest BCUT2D eigenvalue weighted by atomic mass is 32.2. The molecule has 3 aromatic rings. The lowest BCUT2D eigenvalue weighted by molar-refractivity contribution is 0.468. The van der Waals surface area contributed by atoms with Crippen LogP contribution in [0.5, 0.6) is 11.5 Å². The minimum atomic E-state index is -0.424. The van der Waals surface area contributed by atoms with Crippen molar-refractivity contribution < 1.29 is 10.2 Å². The average Bonchev–Trinajstić information content (AvgIpc) is 2.78. The number of thioether (sulfide) groups is 1. The van der Waals surface area contributed by atoms with Gasteiger partial charge >= 0.3 is 0 Å². The number of aromatic hydroxyl groups is 2. The smallest absolute Gasteiger partial charge is 0.124 e. The highest BCUT2D eigenvalue weighted by Gasteiger charge is 2.22. The summed E-state index contributed by atoms with van der Waals surface area (Å²) in [6.07, 6.45) is 4.26. The first-order valence-corrected chi connectivity index (χ1v) is 11.4. The number of phenols is 2. The standard InChI is InChI=1S/C26H28N2O2S/c1-26(28-18-23-12-6-8-14-25(23)30,15-16-31-19-21-9-3-2-4-10-21)20-27-17-22-11-5-7-13-24(22)29/h2-14,17-18,29-30H,15-16,19-20H2,1H3. The maximum atomic E-state index is 10.1. The molecule has 0 radical (unpaired) electrons. The van der Waals surface area contributed by atoms with E-state index in [1.807, 2.05) is 42.1 Å². The van der Waals surface area contributed by atoms with Gasteiger partial charge in [-0.25, -0.2) is 0 Å². The predicted molar refractivity (Wildman–Crippen MR) is 132 cm³/mol. The Morgan fingerprint density at radius 3 is 2.03 bits per heavy atom. The van der Waals surface area contributed by atoms with Gasteiger partial charge in [0.15, 0.2) is 0 Å². The maximum Gasteiger partial charge on any atom is 0.124 e. The van der Waals surface area contributed by atoms with E-state index in [4.69, 9.17) is 4.99 Å². The van der Waals surface area contributed by atoms with Gasteiger partial charge < -0.3 is 10.2 Å². The molecule has 1 unspecified atom stereocenters. The lowest BCUT2D eigenvalue weighted by atomic mass is 10.00. The van der Waals surface area contributed by atoms with Crippen molar-refractivity contribution in [3.8, 4) is 11.5 Å². The highest BCUT2D eigenvalue weighted by molar-refractivity contribution is 7.98. The van der Waals surface area contributed by atoms with Gasteiger partial charge in [-0.1, -0.05) is 54.6 Å². The molecule has 0 aliphatic rings. The zero-order chi connectivity index (χ0) is 21.9. The summed E-state index contributed by atoms with van der Waals surface area (Å²) in [5.41, 5.74) is 2.26. The molecule has 0 saturated heterocycles. The molecule has 0 fully saturated rings. The molecule has 0 amide bonds. The fraction of sp³-hybridized carbons (Fsp3) is 0.231. The highest BCUT2D eigenvalue weighted by Crippen LogP contribution is 2.23. The van der Waals surface area contributed by atoms with E-state index >= 15 is 0 Å². The summed E-state index contributed by atoms with van der Waals surface area (Å²) in [5, 5.41) is 20.0. The molecule has 160 valence electrons. The van der Waals surface area contributed by atoms with Crippen molar-refractivity contribution >= 4 is 24.2 Å². The second-order valence-electron chi connectivity index (χ2n) is 7.63. The molecule has 31 heavy (non-hydrogen) atoms. The SMILES string of the molecule is CC(CCSCc1ccccc1)(CN=Cc1ccccc1O)N=Cc1ccccc1O. The number of rotatable bonds is 10. The summed E-state index contributed by atoms with van der Waals surface area (Å²) in [6, 6.07) is 24.7. The fourth-order valence-corrected chi connectivity index (χ4v) is 4.16. The minimum absolute atomic E-state index is 0.212. The lowest BCUT2D eigenvalue weighted by Crippen LogP contribution is -2.27. The van der Waals surface area contributed by atoms with Gasteiger partial charge in [-0.3, -0.25) is 9.98 Å². The Bertz CT molecular complexity index is 1020. The molecule has 0 saturated carbocycles. The Morgan fingerprint density at radius 2 is 1.39 bits per heavy atom. The van der Waals surface area contributed by atoms with Crippen LogP contribution >= 0.6 is 11.8 Å². The Morgan fingerprint density at radius 1 is 0.806 bits per heavy atom. The van der Waals surface area contributed by atoms with Crippen LogP contribution in [0.25, 0.3) is 0 Å². The molecule has 0 aliphatic carbocycles. The molecule has 0 aromatic heterocycles. The van der Waals surface area contributed by atoms with E-state index in [1.165, 1.54) is 5.56 Å². The van der Waals surface area contributed by atoms with E-state index in [1.54, 1.807) is 36.7 Å². The topological polar surface area (TPSA) is 65.2 Å². The van der Waals surface area contributed by atoms with Gasteiger partial charge in [-0.2, -0.15) is 11.8 Å². The first-order chi connectivity index (χ1) is 15.1. The summed E-state index contributed by atoms with van der Waals surface area (Å²) < 4.78 is 0. The molecule has 3 rings (SSSR count). The Labute approximate surface area is 188 Å². The number of benzene rings is 3. The zero-order valence-corrected chi connectivity index (χ0v) is 18.5. The van der Waals surface area contributed by atoms with Gasteiger partial charge in [0.2, 0.25) is 0 Å². The van der Waals surface area contributed by atoms with Crippen molar-refractivity contribution in [3.63, 3.8) is 0 Å². The van der Waals surface area contributed by atoms with Gasteiger partial charge in [0, 0.05) is 29.3 Å². The van der Waals surface area contributed by atoms with Crippen molar-refractivity contribution in [1.29, 1.82) is 0 Å². The van der Waals surface area contributed by atoms with Gasteiger partial charge in [0.25, 0.3) is 0 Å². The number of para-hydroxylation sites is 2. The van der Waals surface area contributed by atoms with E-state index in [2.05, 4.69) is 36.2 Å². The van der Waals surface area contributed by atoms with Crippen LogP contribution in [0.4, 0.5) is 0 Å². The number of phenolic OH excluding ortho intramolecular Hbond substituents is 2. The van der Waals surface area contributed by atoms with E-state index in [0.717, 1.165) is 17.9 Å². The zero-order valence-electron chi connectivity index (χ0n) is 17.7. The van der Waals surface area contributed by atoms with Crippen molar-refractivity contribution in [2.24, 2.45) is 9.98 Å². The predicted octanol–water partition coefficient (Wildman–Crippen LogP) is 5.72. The Kier molecular flexibility index (Phi) is 8.30. The van der Waals surface area contributed by atoms with Crippen LogP contribution in [0.15, 0.2) is 88.8 Å². The molecule has 0 aliphatic heterocycles. The number of aliphatic imine (C=N–C) groups is 2. The van der Waals surface area contributed by atoms with Crippen LogP contribution in [0, 0.1) is 0 Å². The van der Waals surface area contributed by atoms with Gasteiger partial charge in [0.1, 0.15) is 11.5 Å². The van der Waals surface area contributed by atoms with E-state index in [9.17, 15) is 10.2 Å². The summed E-state index contributed by atoms with van der Waals surface area (Å²) >= 11 is 1.88. The van der Waals surface area contributed by atoms with E-state index in [-0.39, 0.29) is 11.5 Å². The molecule has 0 spiro atoms. The van der Waals surface area contributed by atoms with Crippen molar-refractivity contribution in [2.75, 3.05) is 12.3 Å². The lowest BCUT2D eigenvalue weighted by Gasteiger charge is -2.23. The molecular weight excluding hydrogens is 404 g/mol. The van der Waals surface area contributed by atoms with Gasteiger partial charge in [-0.05, 0) is 48.9 Å². The molecule has 4 nitrogen and oxygen atoms in total. The van der Waals surface area contributed by atoms with E-state index in [0.29, 0.717) is 17.7 Å². The molecular formula is C26H28N2O2S. The molecule has 0 heterocycles. The third-order valence-corrected chi connectivity index (χ3v) is 5.98. The van der Waals surface area contributed by atoms with Gasteiger partial charge in [-0.15, -0.1) is 0 Å². The minimum Gasteiger partial charge on any atom is -0.507 e. The monoisotopic (exact) mass is 432 g/mol. The molecule has 2 N–H and O–H groups in total. The normalized spacial score (nSPS) is 13.6. The summed E-state index contributed by atoms with van der Waals surface area (Å²) in [5.74, 6) is 2.32. The summed E-state index contributed by atoms with van der Waals surface area (Å²) in [4.78, 5) is 9.39. The number of nitrogens with zero attached hydrogens (tertiary/aromatic N) is 2. The van der Waals surface area contributed by atoms with Crippen molar-refractivity contribution in [1.82, 2.24) is 0 Å². The third kappa shape index (κ3) is 7.30. The van der Waals surface area contributed by atoms with Crippen molar-refractivity contribution in [2.45, 2.75) is 24.6 Å². The van der Waals surface area contributed by atoms with Crippen LogP contribution in [0.1, 0.15) is 30.0 Å². The number of hydrogen-bond acceptors (Lipinski definition) is 5. The quantitative estimate of drug-likeness (QED) is 0.318. The molecule has 0 bridgehead atoms. The van der Waals surface area contributed by atoms with Crippen molar-refractivity contribution in [3.05, 3.63) is 95.6 Å². The van der Waals surface area contributed by atoms with Crippen LogP contribution in [-0.2, 0) is 5.75 Å². The third-order valence-electron chi connectivity index (χ3n) is 4.95. The van der Waals surface area contributed by atoms with Crippen LogP contribution in [-0.4, -0.2) is 40.5 Å². The first kappa shape index (κ1) is 22.6. The first-order valence-electron chi connectivity index (χ1n) is 10.3. The van der Waals surface area contributed by atoms with E-state index < -0.39 is 5.54 Å². The molecule has 3 aromatic carbocycles. The van der Waals surface area contributed by atoms with Gasteiger partial charge in [0.05, 0.1) is 12.1 Å². The fourth-order valence-electron chi connectivity index (χ4n) is 3.00. The number of hydrogen-bond donors (Lipinski definition) is 2. The second kappa shape index (κ2) is 11.4. The largest absolute Gasteiger partial charge is 0.507 e. The van der Waals surface area contributed by atoms with Crippen LogP contribution in [0.3, 0.4) is 0 Å². The molecule has 1 atom stereocenters. The molecule has 5 heteroatoms. The Hall–Kier alpha value is -3.05. The summed E-state index contributed by atoms with van der Waals surface area (Å²) in [6.45, 7) is 2.56. The van der Waals surface area contributed by atoms with Crippen LogP contribution < -0.4 is 0 Å². The van der Waals surface area contributed by atoms with Crippen LogP contribution in [0.2, 0.25) is 0 Å². The summed E-state index contributed by atoms with van der Waals surface area (Å²) in [7, 11) is 0.